The molecule has 2 rings (SSSR count). The van der Waals surface area contributed by atoms with Gasteiger partial charge in [-0.1, -0.05) is 0 Å². The molecule has 0 spiro atoms. The van der Waals surface area contributed by atoms with Crippen LogP contribution in [0.4, 0.5) is 5.82 Å². The van der Waals surface area contributed by atoms with Crippen LogP contribution in [0, 0.1) is 24.2 Å². The fourth-order valence-corrected chi connectivity index (χ4v) is 2.51. The van der Waals surface area contributed by atoms with Crippen molar-refractivity contribution in [2.24, 2.45) is 13.0 Å². The molecule has 5 nitrogen and oxygen atoms in total. The molecule has 1 aliphatic rings. The highest BCUT2D eigenvalue weighted by Crippen LogP contribution is 2.29. The SMILES string of the molecule is Cc1nn(C)c(N2CCC(C(C)O)C2)c1C#N. The van der Waals surface area contributed by atoms with E-state index in [1.165, 1.54) is 0 Å². The van der Waals surface area contributed by atoms with E-state index in [0.717, 1.165) is 31.0 Å². The van der Waals surface area contributed by atoms with Crippen molar-refractivity contribution >= 4 is 5.82 Å². The Morgan fingerprint density at radius 2 is 2.29 bits per heavy atom. The maximum atomic E-state index is 9.60. The first-order valence-electron chi connectivity index (χ1n) is 5.91. The quantitative estimate of drug-likeness (QED) is 0.822. The molecule has 0 aliphatic carbocycles. The zero-order valence-electron chi connectivity index (χ0n) is 10.5. The number of hydrogen-bond acceptors (Lipinski definition) is 4. The summed E-state index contributed by atoms with van der Waals surface area (Å²) in [6.07, 6.45) is 0.673. The number of nitriles is 1. The van der Waals surface area contributed by atoms with E-state index in [4.69, 9.17) is 5.26 Å². The van der Waals surface area contributed by atoms with Crippen molar-refractivity contribution in [1.82, 2.24) is 9.78 Å². The van der Waals surface area contributed by atoms with E-state index in [-0.39, 0.29) is 12.0 Å². The van der Waals surface area contributed by atoms with Crippen LogP contribution in [-0.4, -0.2) is 34.1 Å². The zero-order chi connectivity index (χ0) is 12.6. The van der Waals surface area contributed by atoms with Gasteiger partial charge < -0.3 is 10.0 Å². The molecule has 0 radical (unpaired) electrons. The first kappa shape index (κ1) is 11.9. The lowest BCUT2D eigenvalue weighted by Gasteiger charge is -2.19. The normalized spacial score (nSPS) is 21.6. The van der Waals surface area contributed by atoms with Gasteiger partial charge in [-0.2, -0.15) is 10.4 Å². The van der Waals surface area contributed by atoms with E-state index < -0.39 is 0 Å². The van der Waals surface area contributed by atoms with E-state index >= 15 is 0 Å². The van der Waals surface area contributed by atoms with Gasteiger partial charge in [0.2, 0.25) is 0 Å². The Bertz CT molecular complexity index is 458. The topological polar surface area (TPSA) is 65.1 Å². The number of hydrogen-bond donors (Lipinski definition) is 1. The summed E-state index contributed by atoms with van der Waals surface area (Å²) in [6.45, 7) is 5.35. The fraction of sp³-hybridized carbons (Fsp3) is 0.667. The molecule has 1 saturated heterocycles. The molecule has 1 aromatic rings. The molecule has 0 bridgehead atoms. The first-order valence-corrected chi connectivity index (χ1v) is 5.91. The summed E-state index contributed by atoms with van der Waals surface area (Å²) in [5.41, 5.74) is 1.42. The van der Waals surface area contributed by atoms with Crippen molar-refractivity contribution in [3.05, 3.63) is 11.3 Å². The van der Waals surface area contributed by atoms with Crippen LogP contribution in [0.15, 0.2) is 0 Å². The molecule has 0 saturated carbocycles. The number of rotatable bonds is 2. The number of aliphatic hydroxyl groups excluding tert-OH is 1. The molecular weight excluding hydrogens is 216 g/mol. The summed E-state index contributed by atoms with van der Waals surface area (Å²) < 4.78 is 1.76. The van der Waals surface area contributed by atoms with Crippen molar-refractivity contribution in [3.8, 4) is 6.07 Å². The number of aromatic nitrogens is 2. The molecule has 92 valence electrons. The molecule has 5 heteroatoms. The average molecular weight is 234 g/mol. The summed E-state index contributed by atoms with van der Waals surface area (Å²) in [5.74, 6) is 1.17. The Kier molecular flexibility index (Phi) is 3.07. The molecule has 1 aromatic heterocycles. The van der Waals surface area contributed by atoms with Crippen LogP contribution >= 0.6 is 0 Å². The Balaban J connectivity index is 2.28. The van der Waals surface area contributed by atoms with E-state index in [0.29, 0.717) is 5.56 Å². The highest BCUT2D eigenvalue weighted by molar-refractivity contribution is 5.57. The minimum atomic E-state index is -0.292. The van der Waals surface area contributed by atoms with Gasteiger partial charge in [0.05, 0.1) is 11.8 Å². The lowest BCUT2D eigenvalue weighted by Crippen LogP contribution is -2.26. The van der Waals surface area contributed by atoms with Gasteiger partial charge in [-0.3, -0.25) is 4.68 Å². The smallest absolute Gasteiger partial charge is 0.144 e. The Hall–Kier alpha value is -1.54. The van der Waals surface area contributed by atoms with Crippen LogP contribution in [0.1, 0.15) is 24.6 Å². The van der Waals surface area contributed by atoms with Crippen LogP contribution in [0.3, 0.4) is 0 Å². The van der Waals surface area contributed by atoms with Crippen molar-refractivity contribution in [1.29, 1.82) is 5.26 Å². The molecule has 1 N–H and O–H groups in total. The van der Waals surface area contributed by atoms with Crippen LogP contribution < -0.4 is 4.90 Å². The van der Waals surface area contributed by atoms with Gasteiger partial charge in [0.25, 0.3) is 0 Å². The fourth-order valence-electron chi connectivity index (χ4n) is 2.51. The Morgan fingerprint density at radius 3 is 2.82 bits per heavy atom. The van der Waals surface area contributed by atoms with Crippen molar-refractivity contribution in [2.75, 3.05) is 18.0 Å². The predicted molar refractivity (Wildman–Crippen MR) is 64.7 cm³/mol. The van der Waals surface area contributed by atoms with Gasteiger partial charge in [-0.15, -0.1) is 0 Å². The number of anilines is 1. The van der Waals surface area contributed by atoms with Gasteiger partial charge in [-0.05, 0) is 20.3 Å². The van der Waals surface area contributed by atoms with Gasteiger partial charge in [0.1, 0.15) is 17.5 Å². The molecule has 2 heterocycles. The van der Waals surface area contributed by atoms with Gasteiger partial charge in [0.15, 0.2) is 0 Å². The highest BCUT2D eigenvalue weighted by atomic mass is 16.3. The third-order valence-corrected chi connectivity index (χ3v) is 3.51. The molecule has 1 fully saturated rings. The molecule has 0 aromatic carbocycles. The summed E-state index contributed by atoms with van der Waals surface area (Å²) in [4.78, 5) is 2.15. The molecule has 0 amide bonds. The van der Waals surface area contributed by atoms with Crippen LogP contribution in [0.2, 0.25) is 0 Å². The third kappa shape index (κ3) is 2.01. The van der Waals surface area contributed by atoms with Crippen LogP contribution in [0.5, 0.6) is 0 Å². The average Bonchev–Trinajstić information content (AvgIpc) is 2.82. The van der Waals surface area contributed by atoms with E-state index in [1.807, 2.05) is 20.9 Å². The number of nitrogens with zero attached hydrogens (tertiary/aromatic N) is 4. The standard InChI is InChI=1S/C12H18N4O/c1-8-11(6-13)12(15(3)14-8)16-5-4-10(7-16)9(2)17/h9-10,17H,4-5,7H2,1-3H3. The molecule has 2 unspecified atom stereocenters. The Morgan fingerprint density at radius 1 is 1.59 bits per heavy atom. The van der Waals surface area contributed by atoms with Crippen molar-refractivity contribution in [3.63, 3.8) is 0 Å². The minimum absolute atomic E-state index is 0.289. The third-order valence-electron chi connectivity index (χ3n) is 3.51. The molecule has 1 aliphatic heterocycles. The molecule has 17 heavy (non-hydrogen) atoms. The van der Waals surface area contributed by atoms with E-state index in [9.17, 15) is 5.11 Å². The van der Waals surface area contributed by atoms with Crippen LogP contribution in [0.25, 0.3) is 0 Å². The monoisotopic (exact) mass is 234 g/mol. The largest absolute Gasteiger partial charge is 0.393 e. The van der Waals surface area contributed by atoms with Crippen LogP contribution in [-0.2, 0) is 7.05 Å². The van der Waals surface area contributed by atoms with Gasteiger partial charge in [0, 0.05) is 26.1 Å². The predicted octanol–water partition coefficient (Wildman–Crippen LogP) is 0.807. The molecule has 2 atom stereocenters. The zero-order valence-corrected chi connectivity index (χ0v) is 10.5. The van der Waals surface area contributed by atoms with E-state index in [2.05, 4.69) is 16.1 Å². The summed E-state index contributed by atoms with van der Waals surface area (Å²) in [6, 6.07) is 2.22. The number of aryl methyl sites for hydroxylation is 2. The van der Waals surface area contributed by atoms with Crippen molar-refractivity contribution < 1.29 is 5.11 Å². The maximum Gasteiger partial charge on any atom is 0.144 e. The second-order valence-electron chi connectivity index (χ2n) is 4.75. The summed E-state index contributed by atoms with van der Waals surface area (Å²) in [5, 5.41) is 23.1. The first-order chi connectivity index (χ1) is 8.04. The lowest BCUT2D eigenvalue weighted by atomic mass is 10.0. The summed E-state index contributed by atoms with van der Waals surface area (Å²) in [7, 11) is 1.86. The van der Waals surface area contributed by atoms with Crippen molar-refractivity contribution in [2.45, 2.75) is 26.4 Å². The van der Waals surface area contributed by atoms with E-state index in [1.54, 1.807) is 4.68 Å². The highest BCUT2D eigenvalue weighted by Gasteiger charge is 2.29. The second-order valence-corrected chi connectivity index (χ2v) is 4.75. The van der Waals surface area contributed by atoms with Gasteiger partial charge >= 0.3 is 0 Å². The summed E-state index contributed by atoms with van der Waals surface area (Å²) >= 11 is 0. The number of aliphatic hydroxyl groups is 1. The second kappa shape index (κ2) is 4.38. The van der Waals surface area contributed by atoms with Gasteiger partial charge in [-0.25, -0.2) is 0 Å². The lowest BCUT2D eigenvalue weighted by molar-refractivity contribution is 0.136. The Labute approximate surface area is 101 Å². The minimum Gasteiger partial charge on any atom is -0.393 e. The maximum absolute atomic E-state index is 9.60. The molecular formula is C12H18N4O.